The molecule has 2 aromatic rings. The molecule has 128 valence electrons. The van der Waals surface area contributed by atoms with Gasteiger partial charge in [0.25, 0.3) is 0 Å². The molecule has 5 nitrogen and oxygen atoms in total. The Morgan fingerprint density at radius 1 is 1.17 bits per heavy atom. The summed E-state index contributed by atoms with van der Waals surface area (Å²) >= 11 is 0. The molecule has 1 aliphatic heterocycles. The van der Waals surface area contributed by atoms with Gasteiger partial charge in [-0.3, -0.25) is 4.98 Å². The molecule has 2 aromatic heterocycles. The first-order chi connectivity index (χ1) is 11.4. The van der Waals surface area contributed by atoms with Crippen molar-refractivity contribution in [2.75, 3.05) is 13.1 Å². The quantitative estimate of drug-likeness (QED) is 0.899. The van der Waals surface area contributed by atoms with E-state index < -0.39 is 5.60 Å². The van der Waals surface area contributed by atoms with Crippen LogP contribution >= 0.6 is 0 Å². The molecule has 0 bridgehead atoms. The van der Waals surface area contributed by atoms with Crippen LogP contribution in [0.15, 0.2) is 36.7 Å². The summed E-state index contributed by atoms with van der Waals surface area (Å²) in [7, 11) is 0. The Hall–Kier alpha value is -2.30. The lowest BCUT2D eigenvalue weighted by atomic mass is 9.94. The molecule has 0 radical (unpaired) electrons. The molecule has 1 amide bonds. The molecule has 5 heteroatoms. The van der Waals surface area contributed by atoms with Crippen molar-refractivity contribution in [3.05, 3.63) is 42.4 Å². The van der Waals surface area contributed by atoms with Crippen LogP contribution in [0.2, 0.25) is 0 Å². The third-order valence-corrected chi connectivity index (χ3v) is 4.29. The van der Waals surface area contributed by atoms with E-state index in [1.165, 1.54) is 5.69 Å². The van der Waals surface area contributed by atoms with Gasteiger partial charge in [0.05, 0.1) is 0 Å². The highest BCUT2D eigenvalue weighted by Crippen LogP contribution is 2.30. The van der Waals surface area contributed by atoms with Gasteiger partial charge in [-0.2, -0.15) is 0 Å². The maximum Gasteiger partial charge on any atom is 0.410 e. The van der Waals surface area contributed by atoms with E-state index >= 15 is 0 Å². The summed E-state index contributed by atoms with van der Waals surface area (Å²) in [5, 5.41) is 0. The fourth-order valence-corrected chi connectivity index (χ4v) is 3.05. The van der Waals surface area contributed by atoms with E-state index in [1.54, 1.807) is 12.4 Å². The molecular formula is C19H25N3O2. The summed E-state index contributed by atoms with van der Waals surface area (Å²) in [5.74, 6) is 0.458. The predicted molar refractivity (Wildman–Crippen MR) is 93.8 cm³/mol. The highest BCUT2D eigenvalue weighted by molar-refractivity contribution is 5.68. The van der Waals surface area contributed by atoms with Gasteiger partial charge in [0.2, 0.25) is 0 Å². The third-order valence-electron chi connectivity index (χ3n) is 4.29. The SMILES string of the molecule is CC(C)(C)OC(=O)N1CCC(c2ccc(-c3ccncc3)[nH]2)CC1. The zero-order chi connectivity index (χ0) is 17.2. The van der Waals surface area contributed by atoms with Gasteiger partial charge in [-0.1, -0.05) is 0 Å². The Kier molecular flexibility index (Phi) is 4.60. The van der Waals surface area contributed by atoms with Gasteiger partial charge in [-0.15, -0.1) is 0 Å². The number of carbonyl (C=O) groups is 1. The highest BCUT2D eigenvalue weighted by Gasteiger charge is 2.27. The largest absolute Gasteiger partial charge is 0.444 e. The Morgan fingerprint density at radius 3 is 2.46 bits per heavy atom. The molecule has 0 aromatic carbocycles. The van der Waals surface area contributed by atoms with Crippen LogP contribution in [0.1, 0.15) is 45.2 Å². The molecule has 1 aliphatic rings. The van der Waals surface area contributed by atoms with Crippen molar-refractivity contribution in [3.63, 3.8) is 0 Å². The van der Waals surface area contributed by atoms with Gasteiger partial charge in [0, 0.05) is 48.4 Å². The average molecular weight is 327 g/mol. The van der Waals surface area contributed by atoms with Crippen molar-refractivity contribution >= 4 is 6.09 Å². The second-order valence-corrected chi connectivity index (χ2v) is 7.30. The molecule has 0 saturated carbocycles. The average Bonchev–Trinajstić information content (AvgIpc) is 3.04. The van der Waals surface area contributed by atoms with Crippen molar-refractivity contribution < 1.29 is 9.53 Å². The molecule has 3 heterocycles. The zero-order valence-electron chi connectivity index (χ0n) is 14.6. The lowest BCUT2D eigenvalue weighted by Crippen LogP contribution is -2.41. The number of carbonyl (C=O) groups excluding carboxylic acids is 1. The van der Waals surface area contributed by atoms with E-state index in [2.05, 4.69) is 22.1 Å². The molecular weight excluding hydrogens is 302 g/mol. The number of likely N-dealkylation sites (tertiary alicyclic amines) is 1. The number of aromatic amines is 1. The molecule has 1 N–H and O–H groups in total. The summed E-state index contributed by atoms with van der Waals surface area (Å²) in [6, 6.07) is 8.27. The second-order valence-electron chi connectivity index (χ2n) is 7.30. The van der Waals surface area contributed by atoms with Crippen molar-refractivity contribution in [2.45, 2.75) is 45.1 Å². The summed E-state index contributed by atoms with van der Waals surface area (Å²) in [6.45, 7) is 7.18. The maximum absolute atomic E-state index is 12.1. The number of amides is 1. The number of ether oxygens (including phenoxy) is 1. The molecule has 0 aliphatic carbocycles. The number of hydrogen-bond acceptors (Lipinski definition) is 3. The van der Waals surface area contributed by atoms with Gasteiger partial charge >= 0.3 is 6.09 Å². The first-order valence-electron chi connectivity index (χ1n) is 8.49. The van der Waals surface area contributed by atoms with E-state index in [0.29, 0.717) is 5.92 Å². The monoisotopic (exact) mass is 327 g/mol. The maximum atomic E-state index is 12.1. The van der Waals surface area contributed by atoms with Crippen LogP contribution in [-0.4, -0.2) is 39.7 Å². The van der Waals surface area contributed by atoms with E-state index in [9.17, 15) is 4.79 Å². The summed E-state index contributed by atoms with van der Waals surface area (Å²) in [5.41, 5.74) is 3.06. The zero-order valence-corrected chi connectivity index (χ0v) is 14.6. The van der Waals surface area contributed by atoms with Crippen molar-refractivity contribution in [1.29, 1.82) is 0 Å². The predicted octanol–water partition coefficient (Wildman–Crippen LogP) is 4.19. The van der Waals surface area contributed by atoms with E-state index in [-0.39, 0.29) is 6.09 Å². The molecule has 0 unspecified atom stereocenters. The first-order valence-corrected chi connectivity index (χ1v) is 8.49. The molecule has 1 saturated heterocycles. The van der Waals surface area contributed by atoms with Crippen LogP contribution < -0.4 is 0 Å². The number of pyridine rings is 1. The Morgan fingerprint density at radius 2 is 1.83 bits per heavy atom. The molecule has 1 fully saturated rings. The van der Waals surface area contributed by atoms with Gasteiger partial charge in [-0.25, -0.2) is 4.79 Å². The minimum atomic E-state index is -0.438. The fraction of sp³-hybridized carbons (Fsp3) is 0.474. The third kappa shape index (κ3) is 3.96. The Labute approximate surface area is 143 Å². The number of piperidine rings is 1. The van der Waals surface area contributed by atoms with Crippen LogP contribution in [0.25, 0.3) is 11.3 Å². The van der Waals surface area contributed by atoms with Gasteiger partial charge in [0.15, 0.2) is 0 Å². The van der Waals surface area contributed by atoms with Crippen LogP contribution in [-0.2, 0) is 4.74 Å². The van der Waals surface area contributed by atoms with Gasteiger partial charge in [-0.05, 0) is 57.9 Å². The summed E-state index contributed by atoms with van der Waals surface area (Å²) < 4.78 is 5.45. The fourth-order valence-electron chi connectivity index (χ4n) is 3.05. The minimum absolute atomic E-state index is 0.204. The lowest BCUT2D eigenvalue weighted by molar-refractivity contribution is 0.0204. The smallest absolute Gasteiger partial charge is 0.410 e. The van der Waals surface area contributed by atoms with E-state index in [0.717, 1.165) is 37.2 Å². The lowest BCUT2D eigenvalue weighted by Gasteiger charge is -2.33. The standard InChI is InChI=1S/C19H25N3O2/c1-19(2,3)24-18(23)22-12-8-15(9-13-22)17-5-4-16(21-17)14-6-10-20-11-7-14/h4-7,10-11,15,21H,8-9,12-13H2,1-3H3. The summed E-state index contributed by atoms with van der Waals surface area (Å²) in [4.78, 5) is 21.5. The Balaban J connectivity index is 1.59. The van der Waals surface area contributed by atoms with Crippen LogP contribution in [0, 0.1) is 0 Å². The topological polar surface area (TPSA) is 58.2 Å². The van der Waals surface area contributed by atoms with Crippen LogP contribution in [0.4, 0.5) is 4.79 Å². The van der Waals surface area contributed by atoms with Crippen LogP contribution in [0.5, 0.6) is 0 Å². The first kappa shape index (κ1) is 16.6. The van der Waals surface area contributed by atoms with Crippen molar-refractivity contribution in [2.24, 2.45) is 0 Å². The number of nitrogens with one attached hydrogen (secondary N) is 1. The number of nitrogens with zero attached hydrogens (tertiary/aromatic N) is 2. The number of hydrogen-bond donors (Lipinski definition) is 1. The van der Waals surface area contributed by atoms with Gasteiger partial charge in [0.1, 0.15) is 5.60 Å². The van der Waals surface area contributed by atoms with E-state index in [1.807, 2.05) is 37.8 Å². The van der Waals surface area contributed by atoms with Gasteiger partial charge < -0.3 is 14.6 Å². The highest BCUT2D eigenvalue weighted by atomic mass is 16.6. The van der Waals surface area contributed by atoms with Crippen molar-refractivity contribution in [1.82, 2.24) is 14.9 Å². The Bertz CT molecular complexity index is 680. The number of rotatable bonds is 2. The van der Waals surface area contributed by atoms with E-state index in [4.69, 9.17) is 4.74 Å². The molecule has 24 heavy (non-hydrogen) atoms. The van der Waals surface area contributed by atoms with Crippen molar-refractivity contribution in [3.8, 4) is 11.3 Å². The normalized spacial score (nSPS) is 16.2. The van der Waals surface area contributed by atoms with Crippen LogP contribution in [0.3, 0.4) is 0 Å². The number of H-pyrrole nitrogens is 1. The number of aromatic nitrogens is 2. The second kappa shape index (κ2) is 6.67. The molecule has 0 atom stereocenters. The molecule has 0 spiro atoms. The minimum Gasteiger partial charge on any atom is -0.444 e. The summed E-state index contributed by atoms with van der Waals surface area (Å²) in [6.07, 6.45) is 5.31. The molecule has 3 rings (SSSR count).